The van der Waals surface area contributed by atoms with Crippen molar-refractivity contribution in [3.8, 4) is 17.0 Å². The summed E-state index contributed by atoms with van der Waals surface area (Å²) >= 11 is 0. The predicted molar refractivity (Wildman–Crippen MR) is 139 cm³/mol. The Morgan fingerprint density at radius 1 is 1.10 bits per heavy atom. The number of carbonyl (C=O) groups is 2. The van der Waals surface area contributed by atoms with Crippen LogP contribution in [0.3, 0.4) is 0 Å². The molecule has 1 aromatic heterocycles. The van der Waals surface area contributed by atoms with E-state index < -0.39 is 24.2 Å². The lowest BCUT2D eigenvalue weighted by Crippen LogP contribution is -2.65. The molecule has 2 amide bonds. The lowest BCUT2D eigenvalue weighted by atomic mass is 9.78. The topological polar surface area (TPSA) is 103 Å². The molecule has 3 aromatic rings. The minimum atomic E-state index is -4.87. The van der Waals surface area contributed by atoms with Gasteiger partial charge in [0.1, 0.15) is 23.0 Å². The maximum atomic E-state index is 14.5. The van der Waals surface area contributed by atoms with Gasteiger partial charge >= 0.3 is 18.4 Å². The molecule has 3 heterocycles. The van der Waals surface area contributed by atoms with Gasteiger partial charge in [-0.25, -0.2) is 14.0 Å². The van der Waals surface area contributed by atoms with Crippen LogP contribution in [0.2, 0.25) is 0 Å². The number of piperidine rings is 1. The van der Waals surface area contributed by atoms with E-state index in [1.54, 1.807) is 11.0 Å². The number of aromatic nitrogens is 1. The van der Waals surface area contributed by atoms with Crippen LogP contribution in [0.15, 0.2) is 47.0 Å². The normalized spacial score (nSPS) is 21.5. The number of ether oxygens (including phenoxy) is 3. The van der Waals surface area contributed by atoms with E-state index in [1.807, 2.05) is 0 Å². The summed E-state index contributed by atoms with van der Waals surface area (Å²) < 4.78 is 74.3. The van der Waals surface area contributed by atoms with Crippen LogP contribution in [0.1, 0.15) is 59.7 Å². The molecule has 2 aliphatic carbocycles. The second-order valence-electron chi connectivity index (χ2n) is 10.7. The monoisotopic (exact) mass is 589 g/mol. The number of hydrogen-bond acceptors (Lipinski definition) is 7. The Morgan fingerprint density at radius 3 is 2.50 bits per heavy atom. The first-order valence-electron chi connectivity index (χ1n) is 13.5. The zero-order chi connectivity index (χ0) is 29.6. The molecule has 4 aliphatic rings. The van der Waals surface area contributed by atoms with E-state index in [0.717, 1.165) is 25.3 Å². The highest BCUT2D eigenvalue weighted by atomic mass is 19.4. The minimum Gasteiger partial charge on any atom is -0.465 e. The van der Waals surface area contributed by atoms with Gasteiger partial charge in [-0.1, -0.05) is 17.3 Å². The van der Waals surface area contributed by atoms with Gasteiger partial charge in [-0.2, -0.15) is 0 Å². The minimum absolute atomic E-state index is 0.0333. The molecule has 1 N–H and O–H groups in total. The molecule has 0 radical (unpaired) electrons. The van der Waals surface area contributed by atoms with E-state index in [9.17, 15) is 27.2 Å². The third kappa shape index (κ3) is 5.65. The van der Waals surface area contributed by atoms with Gasteiger partial charge in [0.15, 0.2) is 0 Å². The number of para-hydroxylation sites is 1. The third-order valence-electron chi connectivity index (χ3n) is 7.87. The summed E-state index contributed by atoms with van der Waals surface area (Å²) in [5, 5.41) is 6.68. The highest BCUT2D eigenvalue weighted by Gasteiger charge is 2.48. The van der Waals surface area contributed by atoms with Crippen LogP contribution in [0.25, 0.3) is 11.3 Å². The number of nitrogens with zero attached hydrogens (tertiary/aromatic N) is 2. The summed E-state index contributed by atoms with van der Waals surface area (Å²) in [4.78, 5) is 26.2. The zero-order valence-corrected chi connectivity index (χ0v) is 22.4. The van der Waals surface area contributed by atoms with Crippen LogP contribution in [0, 0.1) is 5.82 Å². The SMILES string of the molecule is COC(=O)c1ccc(NC(=O)N2C3CC(OCc4c(-c5ccccc5OC(F)(F)F)noc4C4CC4)CC2C3)c(F)c1. The van der Waals surface area contributed by atoms with Gasteiger partial charge in [-0.15, -0.1) is 13.2 Å². The Bertz CT molecular complexity index is 1490. The molecule has 0 spiro atoms. The molecule has 42 heavy (non-hydrogen) atoms. The largest absolute Gasteiger partial charge is 0.573 e. The van der Waals surface area contributed by atoms with E-state index in [-0.39, 0.29) is 59.0 Å². The summed E-state index contributed by atoms with van der Waals surface area (Å²) in [6, 6.07) is 8.79. The molecule has 2 unspecified atom stereocenters. The number of fused-ring (bicyclic) bond motifs is 2. The van der Waals surface area contributed by atoms with Gasteiger partial charge in [0.25, 0.3) is 0 Å². The number of urea groups is 1. The van der Waals surface area contributed by atoms with E-state index in [2.05, 4.69) is 19.9 Å². The second kappa shape index (κ2) is 10.9. The summed E-state index contributed by atoms with van der Waals surface area (Å²) in [7, 11) is 1.19. The second-order valence-corrected chi connectivity index (χ2v) is 10.7. The lowest BCUT2D eigenvalue weighted by molar-refractivity contribution is -0.274. The summed E-state index contributed by atoms with van der Waals surface area (Å²) in [6.45, 7) is 0.0824. The zero-order valence-electron chi connectivity index (χ0n) is 22.4. The van der Waals surface area contributed by atoms with Crippen LogP contribution < -0.4 is 10.1 Å². The predicted octanol–water partition coefficient (Wildman–Crippen LogP) is 6.40. The van der Waals surface area contributed by atoms with Gasteiger partial charge in [0, 0.05) is 29.1 Å². The van der Waals surface area contributed by atoms with Crippen molar-refractivity contribution in [1.82, 2.24) is 10.1 Å². The average molecular weight is 590 g/mol. The van der Waals surface area contributed by atoms with Crippen molar-refractivity contribution in [2.24, 2.45) is 0 Å². The molecule has 222 valence electrons. The van der Waals surface area contributed by atoms with Crippen LogP contribution >= 0.6 is 0 Å². The van der Waals surface area contributed by atoms with Gasteiger partial charge < -0.3 is 29.0 Å². The Hall–Kier alpha value is -4.13. The Kier molecular flexibility index (Phi) is 7.29. The van der Waals surface area contributed by atoms with Crippen molar-refractivity contribution in [3.63, 3.8) is 0 Å². The van der Waals surface area contributed by atoms with E-state index in [4.69, 9.17) is 9.26 Å². The van der Waals surface area contributed by atoms with Crippen LogP contribution in [-0.2, 0) is 16.1 Å². The molecular formula is C29H27F4N3O6. The van der Waals surface area contributed by atoms with Gasteiger partial charge in [-0.3, -0.25) is 0 Å². The number of rotatable bonds is 8. The summed E-state index contributed by atoms with van der Waals surface area (Å²) in [5.41, 5.74) is 0.985. The first-order valence-corrected chi connectivity index (χ1v) is 13.5. The molecule has 2 bridgehead atoms. The maximum absolute atomic E-state index is 14.5. The molecule has 2 saturated heterocycles. The molecule has 4 fully saturated rings. The fourth-order valence-electron chi connectivity index (χ4n) is 5.75. The number of anilines is 1. The Labute approximate surface area is 237 Å². The van der Waals surface area contributed by atoms with Gasteiger partial charge in [0.05, 0.1) is 31.1 Å². The number of amides is 2. The van der Waals surface area contributed by atoms with E-state index in [1.165, 1.54) is 37.4 Å². The van der Waals surface area contributed by atoms with Crippen LogP contribution in [0.4, 0.5) is 28.0 Å². The number of halogens is 4. The molecule has 2 aliphatic heterocycles. The molecule has 2 atom stereocenters. The number of hydrogen-bond donors (Lipinski definition) is 1. The highest BCUT2D eigenvalue weighted by molar-refractivity contribution is 5.93. The average Bonchev–Trinajstić information content (AvgIpc) is 3.71. The van der Waals surface area contributed by atoms with Crippen molar-refractivity contribution in [3.05, 3.63) is 65.2 Å². The smallest absolute Gasteiger partial charge is 0.465 e. The first-order chi connectivity index (χ1) is 20.1. The van der Waals surface area contributed by atoms with E-state index in [0.29, 0.717) is 24.2 Å². The van der Waals surface area contributed by atoms with Crippen molar-refractivity contribution >= 4 is 17.7 Å². The van der Waals surface area contributed by atoms with E-state index >= 15 is 0 Å². The summed E-state index contributed by atoms with van der Waals surface area (Å²) in [5.74, 6) is -1.07. The number of nitrogens with one attached hydrogen (secondary N) is 1. The van der Waals surface area contributed by atoms with Crippen molar-refractivity contribution in [2.45, 2.75) is 69.2 Å². The first kappa shape index (κ1) is 28.0. The standard InChI is InChI=1S/C29H27F4N3O6/c1-39-27(37)16-8-9-23(22(30)10-16)34-28(38)36-17-11-18(36)13-19(12-17)40-14-21-25(35-42-26(21)15-6-7-15)20-4-2-3-5-24(20)41-29(31,32)33/h2-5,8-10,15,17-19H,6-7,11-14H2,1H3,(H,34,38). The summed E-state index contributed by atoms with van der Waals surface area (Å²) in [6.07, 6.45) is -1.41. The van der Waals surface area contributed by atoms with Crippen molar-refractivity contribution < 1.29 is 45.9 Å². The van der Waals surface area contributed by atoms with Crippen LogP contribution in [-0.4, -0.2) is 53.7 Å². The fraction of sp³-hybridized carbons (Fsp3) is 0.414. The fourth-order valence-corrected chi connectivity index (χ4v) is 5.75. The molecule has 2 aromatic carbocycles. The number of methoxy groups -OCH3 is 1. The molecule has 9 nitrogen and oxygen atoms in total. The number of benzene rings is 2. The maximum Gasteiger partial charge on any atom is 0.573 e. The van der Waals surface area contributed by atoms with Gasteiger partial charge in [-0.05, 0) is 62.4 Å². The molecule has 2 saturated carbocycles. The quantitative estimate of drug-likeness (QED) is 0.240. The van der Waals surface area contributed by atoms with Crippen molar-refractivity contribution in [1.29, 1.82) is 0 Å². The van der Waals surface area contributed by atoms with Crippen molar-refractivity contribution in [2.75, 3.05) is 12.4 Å². The van der Waals surface area contributed by atoms with Crippen LogP contribution in [0.5, 0.6) is 5.75 Å². The Balaban J connectivity index is 1.11. The molecule has 13 heteroatoms. The number of esters is 1. The third-order valence-corrected chi connectivity index (χ3v) is 7.87. The number of carbonyl (C=O) groups excluding carboxylic acids is 2. The lowest BCUT2D eigenvalue weighted by Gasteiger charge is -2.54. The number of alkyl halides is 3. The van der Waals surface area contributed by atoms with Gasteiger partial charge in [0.2, 0.25) is 0 Å². The molecular weight excluding hydrogens is 562 g/mol. The Morgan fingerprint density at radius 2 is 1.83 bits per heavy atom. The highest BCUT2D eigenvalue weighted by Crippen LogP contribution is 2.46. The molecule has 7 rings (SSSR count).